The third kappa shape index (κ3) is 2.18. The second-order valence-electron chi connectivity index (χ2n) is 4.95. The fourth-order valence-corrected chi connectivity index (χ4v) is 2.47. The molecule has 1 amide bonds. The second kappa shape index (κ2) is 5.23. The van der Waals surface area contributed by atoms with Crippen molar-refractivity contribution in [2.75, 3.05) is 18.1 Å². The summed E-state index contributed by atoms with van der Waals surface area (Å²) in [5.74, 6) is -1.00. The van der Waals surface area contributed by atoms with Crippen molar-refractivity contribution in [2.45, 2.75) is 6.10 Å². The van der Waals surface area contributed by atoms with Crippen molar-refractivity contribution in [3.63, 3.8) is 0 Å². The number of aliphatic hydroxyl groups is 2. The van der Waals surface area contributed by atoms with E-state index >= 15 is 0 Å². The molecule has 0 spiro atoms. The number of anilines is 1. The molecule has 2 aliphatic heterocycles. The molecule has 3 rings (SSSR count). The predicted octanol–water partition coefficient (Wildman–Crippen LogP) is 0.154. The van der Waals surface area contributed by atoms with Gasteiger partial charge in [-0.25, -0.2) is 0 Å². The maximum absolute atomic E-state index is 12.4. The number of amides is 1. The third-order valence-corrected chi connectivity index (χ3v) is 3.50. The number of para-hydroxylation sites is 1. The number of carbonyl (C=O) groups is 2. The van der Waals surface area contributed by atoms with Gasteiger partial charge in [0.2, 0.25) is 11.7 Å². The number of benzene rings is 1. The molecule has 2 atom stereocenters. The summed E-state index contributed by atoms with van der Waals surface area (Å²) in [4.78, 5) is 29.9. The lowest BCUT2D eigenvalue weighted by atomic mass is 10.1. The zero-order chi connectivity index (χ0) is 15.0. The highest BCUT2D eigenvalue weighted by atomic mass is 16.3. The fourth-order valence-electron chi connectivity index (χ4n) is 2.47. The Morgan fingerprint density at radius 2 is 2.10 bits per heavy atom. The van der Waals surface area contributed by atoms with Gasteiger partial charge in [-0.05, 0) is 18.2 Å². The molecule has 0 saturated carbocycles. The molecule has 6 heteroatoms. The van der Waals surface area contributed by atoms with Crippen molar-refractivity contribution in [1.82, 2.24) is 0 Å². The van der Waals surface area contributed by atoms with Crippen LogP contribution in [0.15, 0.2) is 41.0 Å². The first-order valence-corrected chi connectivity index (χ1v) is 6.62. The highest BCUT2D eigenvalue weighted by molar-refractivity contribution is 6.29. The summed E-state index contributed by atoms with van der Waals surface area (Å²) in [5, 5.41) is 17.9. The van der Waals surface area contributed by atoms with Crippen molar-refractivity contribution in [3.8, 4) is 0 Å². The quantitative estimate of drug-likeness (QED) is 0.771. The van der Waals surface area contributed by atoms with E-state index < -0.39 is 12.0 Å². The number of aliphatic imine (C=N–C) groups is 1. The van der Waals surface area contributed by atoms with Gasteiger partial charge in [-0.1, -0.05) is 12.1 Å². The Morgan fingerprint density at radius 1 is 1.33 bits per heavy atom. The molecule has 0 saturated heterocycles. The molecule has 1 aromatic carbocycles. The Morgan fingerprint density at radius 3 is 2.86 bits per heavy atom. The van der Waals surface area contributed by atoms with Gasteiger partial charge < -0.3 is 10.2 Å². The van der Waals surface area contributed by atoms with E-state index in [-0.39, 0.29) is 24.8 Å². The Balaban J connectivity index is 1.83. The molecule has 2 unspecified atom stereocenters. The first-order chi connectivity index (χ1) is 10.1. The average Bonchev–Trinajstić information content (AvgIpc) is 2.97. The molecule has 108 valence electrons. The Kier molecular flexibility index (Phi) is 3.40. The zero-order valence-electron chi connectivity index (χ0n) is 11.1. The first-order valence-electron chi connectivity index (χ1n) is 6.62. The van der Waals surface area contributed by atoms with Gasteiger partial charge in [-0.2, -0.15) is 0 Å². The van der Waals surface area contributed by atoms with Crippen LogP contribution in [-0.4, -0.2) is 47.4 Å². The number of carbonyl (C=O) groups excluding carboxylic acids is 2. The molecule has 6 nitrogen and oxygen atoms in total. The first kappa shape index (κ1) is 13.7. The van der Waals surface area contributed by atoms with Gasteiger partial charge in [0.25, 0.3) is 0 Å². The highest BCUT2D eigenvalue weighted by Crippen LogP contribution is 2.39. The van der Waals surface area contributed by atoms with E-state index in [0.717, 1.165) is 0 Å². The van der Waals surface area contributed by atoms with Crippen molar-refractivity contribution < 1.29 is 19.8 Å². The average molecular weight is 286 g/mol. The summed E-state index contributed by atoms with van der Waals surface area (Å²) in [5.41, 5.74) is 1.49. The van der Waals surface area contributed by atoms with Crippen LogP contribution < -0.4 is 4.90 Å². The highest BCUT2D eigenvalue weighted by Gasteiger charge is 2.42. The van der Waals surface area contributed by atoms with E-state index in [1.54, 1.807) is 30.3 Å². The molecule has 21 heavy (non-hydrogen) atoms. The van der Waals surface area contributed by atoms with Gasteiger partial charge in [-0.15, -0.1) is 0 Å². The van der Waals surface area contributed by atoms with Crippen LogP contribution >= 0.6 is 0 Å². The zero-order valence-corrected chi connectivity index (χ0v) is 11.1. The van der Waals surface area contributed by atoms with Crippen LogP contribution in [0.2, 0.25) is 0 Å². The third-order valence-electron chi connectivity index (χ3n) is 3.50. The summed E-state index contributed by atoms with van der Waals surface area (Å²) in [6, 6.07) is 6.98. The van der Waals surface area contributed by atoms with E-state index in [2.05, 4.69) is 4.99 Å². The van der Waals surface area contributed by atoms with Crippen molar-refractivity contribution >= 4 is 23.6 Å². The van der Waals surface area contributed by atoms with Gasteiger partial charge in [0.15, 0.2) is 0 Å². The van der Waals surface area contributed by atoms with Crippen molar-refractivity contribution in [3.05, 3.63) is 41.6 Å². The number of allylic oxidation sites excluding steroid dienone is 1. The monoisotopic (exact) mass is 286 g/mol. The number of fused-ring (bicyclic) bond motifs is 3. The molecular weight excluding hydrogens is 272 g/mol. The van der Waals surface area contributed by atoms with E-state index in [9.17, 15) is 14.7 Å². The lowest BCUT2D eigenvalue weighted by molar-refractivity contribution is -0.118. The molecule has 1 aromatic rings. The van der Waals surface area contributed by atoms with Gasteiger partial charge in [0.1, 0.15) is 0 Å². The molecule has 2 heterocycles. The summed E-state index contributed by atoms with van der Waals surface area (Å²) in [7, 11) is 0. The van der Waals surface area contributed by atoms with E-state index in [1.807, 2.05) is 0 Å². The minimum absolute atomic E-state index is 0.0218. The molecule has 0 radical (unpaired) electrons. The van der Waals surface area contributed by atoms with E-state index in [1.165, 1.54) is 11.1 Å². The Labute approximate surface area is 121 Å². The van der Waals surface area contributed by atoms with Crippen molar-refractivity contribution in [2.24, 2.45) is 10.9 Å². The van der Waals surface area contributed by atoms with Gasteiger partial charge in [0, 0.05) is 11.8 Å². The number of hydrogen-bond acceptors (Lipinski definition) is 5. The van der Waals surface area contributed by atoms with Crippen LogP contribution in [-0.2, 0) is 4.79 Å². The fraction of sp³-hybridized carbons (Fsp3) is 0.267. The molecule has 0 aliphatic carbocycles. The van der Waals surface area contributed by atoms with Crippen LogP contribution in [0.5, 0.6) is 0 Å². The molecular formula is C15H14N2O4. The topological polar surface area (TPSA) is 90.2 Å². The minimum Gasteiger partial charge on any atom is -0.394 e. The lowest BCUT2D eigenvalue weighted by Crippen LogP contribution is -2.27. The minimum atomic E-state index is -0.937. The summed E-state index contributed by atoms with van der Waals surface area (Å²) in [6.45, 7) is -0.358. The SMILES string of the molecule is O=C1C2=CC(C=NCC(O)CO)C(=O)N2c2ccccc21. The molecule has 2 N–H and O–H groups in total. The summed E-state index contributed by atoms with van der Waals surface area (Å²) >= 11 is 0. The Bertz CT molecular complexity index is 665. The number of aliphatic hydroxyl groups excluding tert-OH is 2. The number of ketones is 1. The summed E-state index contributed by atoms with van der Waals surface area (Å²) in [6.07, 6.45) is 2.05. The predicted molar refractivity (Wildman–Crippen MR) is 76.3 cm³/mol. The second-order valence-corrected chi connectivity index (χ2v) is 4.95. The smallest absolute Gasteiger partial charge is 0.244 e. The largest absolute Gasteiger partial charge is 0.394 e. The molecule has 0 fully saturated rings. The molecule has 2 aliphatic rings. The number of nitrogens with zero attached hydrogens (tertiary/aromatic N) is 2. The maximum Gasteiger partial charge on any atom is 0.244 e. The normalized spacial score (nSPS) is 21.7. The standard InChI is InChI=1S/C15H14N2O4/c18-8-10(19)7-16-6-9-5-13-14(20)11-3-1-2-4-12(11)17(13)15(9)21/h1-6,9-10,18-19H,7-8H2. The Hall–Kier alpha value is -2.31. The van der Waals surface area contributed by atoms with Gasteiger partial charge >= 0.3 is 0 Å². The van der Waals surface area contributed by atoms with Crippen LogP contribution in [0, 0.1) is 5.92 Å². The number of rotatable bonds is 4. The molecule has 0 bridgehead atoms. The van der Waals surface area contributed by atoms with Crippen LogP contribution in [0.25, 0.3) is 0 Å². The lowest BCUT2D eigenvalue weighted by Gasteiger charge is -2.13. The van der Waals surface area contributed by atoms with Gasteiger partial charge in [0.05, 0.1) is 36.6 Å². The summed E-state index contributed by atoms with van der Waals surface area (Å²) < 4.78 is 0. The number of hydrogen-bond donors (Lipinski definition) is 2. The van der Waals surface area contributed by atoms with Gasteiger partial charge in [-0.3, -0.25) is 19.5 Å². The number of Topliss-reactive ketones (excluding diaryl/α,β-unsaturated/α-hetero) is 1. The van der Waals surface area contributed by atoms with Crippen LogP contribution in [0.3, 0.4) is 0 Å². The molecule has 0 aromatic heterocycles. The van der Waals surface area contributed by atoms with E-state index in [4.69, 9.17) is 5.11 Å². The maximum atomic E-state index is 12.4. The van der Waals surface area contributed by atoms with E-state index in [0.29, 0.717) is 16.9 Å². The van der Waals surface area contributed by atoms with Crippen molar-refractivity contribution in [1.29, 1.82) is 0 Å². The van der Waals surface area contributed by atoms with Crippen LogP contribution in [0.4, 0.5) is 5.69 Å². The van der Waals surface area contributed by atoms with Crippen LogP contribution in [0.1, 0.15) is 10.4 Å².